The number of carbonyl (C=O) groups excluding carboxylic acids is 3. The lowest BCUT2D eigenvalue weighted by Crippen LogP contribution is -2.38. The summed E-state index contributed by atoms with van der Waals surface area (Å²) >= 11 is 0. The molecule has 3 aromatic heterocycles. The van der Waals surface area contributed by atoms with Gasteiger partial charge in [0, 0.05) is 19.7 Å². The number of aromatic nitrogens is 4. The molecule has 1 unspecified atom stereocenters. The molecule has 2 aromatic carbocycles. The van der Waals surface area contributed by atoms with E-state index in [1.54, 1.807) is 49.5 Å². The number of hydrogen-bond acceptors (Lipinski definition) is 7. The number of rotatable bonds is 7. The van der Waals surface area contributed by atoms with E-state index >= 15 is 0 Å². The number of hydrogen-bond donors (Lipinski definition) is 3. The van der Waals surface area contributed by atoms with Crippen LogP contribution in [0.2, 0.25) is 0 Å². The highest BCUT2D eigenvalue weighted by Crippen LogP contribution is 2.18. The third kappa shape index (κ3) is 4.84. The molecular formula is C26H22FN7O5. The molecule has 12 nitrogen and oxygen atoms in total. The van der Waals surface area contributed by atoms with E-state index in [9.17, 15) is 23.6 Å². The van der Waals surface area contributed by atoms with Crippen LogP contribution in [0.4, 0.5) is 4.39 Å². The van der Waals surface area contributed by atoms with Crippen LogP contribution < -0.4 is 22.1 Å². The molecular weight excluding hydrogens is 509 g/mol. The standard InChI is InChI=1S/C26H22FN7O5/c1-13-3-6-15(7-4-13)21(22(28)35)32-25(37)19-10-17(31-23-16(27)12-30-34(19)23)24(36)29-11-14-5-8-20-18(9-14)33(2)26(38)39-20/h3-10,12,21H,11H2,1-2H3,(H2,28,35)(H,29,36)(H,32,37). The largest absolute Gasteiger partial charge is 0.419 e. The van der Waals surface area contributed by atoms with Crippen LogP contribution in [0.5, 0.6) is 0 Å². The van der Waals surface area contributed by atoms with Crippen LogP contribution in [0, 0.1) is 12.7 Å². The summed E-state index contributed by atoms with van der Waals surface area (Å²) < 4.78 is 21.8. The van der Waals surface area contributed by atoms with Gasteiger partial charge in [0.15, 0.2) is 17.0 Å². The second kappa shape index (κ2) is 9.85. The van der Waals surface area contributed by atoms with E-state index in [4.69, 9.17) is 10.2 Å². The Balaban J connectivity index is 1.42. The molecule has 5 aromatic rings. The highest BCUT2D eigenvalue weighted by molar-refractivity contribution is 6.00. The average molecular weight is 532 g/mol. The number of oxazole rings is 1. The van der Waals surface area contributed by atoms with Gasteiger partial charge < -0.3 is 20.8 Å². The monoisotopic (exact) mass is 531 g/mol. The van der Waals surface area contributed by atoms with E-state index in [0.29, 0.717) is 22.2 Å². The van der Waals surface area contributed by atoms with E-state index in [1.165, 1.54) is 4.57 Å². The summed E-state index contributed by atoms with van der Waals surface area (Å²) in [6.07, 6.45) is 0.858. The van der Waals surface area contributed by atoms with Crippen LogP contribution >= 0.6 is 0 Å². The molecule has 0 radical (unpaired) electrons. The quantitative estimate of drug-likeness (QED) is 0.286. The highest BCUT2D eigenvalue weighted by Gasteiger charge is 2.25. The first kappa shape index (κ1) is 25.3. The molecule has 0 aliphatic carbocycles. The van der Waals surface area contributed by atoms with Crippen molar-refractivity contribution in [3.8, 4) is 0 Å². The Morgan fingerprint density at radius 3 is 2.56 bits per heavy atom. The Bertz CT molecular complexity index is 1820. The molecule has 0 aliphatic rings. The molecule has 1 atom stereocenters. The van der Waals surface area contributed by atoms with Gasteiger partial charge in [0.2, 0.25) is 5.91 Å². The van der Waals surface area contributed by atoms with Gasteiger partial charge in [0.1, 0.15) is 17.4 Å². The minimum atomic E-state index is -1.19. The number of amides is 3. The van der Waals surface area contributed by atoms with E-state index in [1.807, 2.05) is 6.92 Å². The first-order valence-electron chi connectivity index (χ1n) is 11.7. The van der Waals surface area contributed by atoms with Crippen LogP contribution in [0.1, 0.15) is 43.7 Å². The van der Waals surface area contributed by atoms with E-state index in [-0.39, 0.29) is 23.6 Å². The van der Waals surface area contributed by atoms with Gasteiger partial charge >= 0.3 is 5.76 Å². The molecule has 0 bridgehead atoms. The van der Waals surface area contributed by atoms with Gasteiger partial charge in [-0.05, 0) is 30.2 Å². The number of halogens is 1. The lowest BCUT2D eigenvalue weighted by Gasteiger charge is -2.17. The minimum Gasteiger partial charge on any atom is -0.408 e. The lowest BCUT2D eigenvalue weighted by molar-refractivity contribution is -0.120. The summed E-state index contributed by atoms with van der Waals surface area (Å²) in [7, 11) is 1.56. The molecule has 0 fully saturated rings. The third-order valence-corrected chi connectivity index (χ3v) is 6.17. The second-order valence-electron chi connectivity index (χ2n) is 8.89. The van der Waals surface area contributed by atoms with E-state index in [2.05, 4.69) is 20.7 Å². The van der Waals surface area contributed by atoms with Gasteiger partial charge in [-0.2, -0.15) is 5.10 Å². The van der Waals surface area contributed by atoms with Crippen LogP contribution in [-0.2, 0) is 18.4 Å². The van der Waals surface area contributed by atoms with Crippen LogP contribution in [0.3, 0.4) is 0 Å². The summed E-state index contributed by atoms with van der Waals surface area (Å²) in [5.74, 6) is -3.70. The number of primary amides is 1. The summed E-state index contributed by atoms with van der Waals surface area (Å²) in [5.41, 5.74) is 7.68. The number of aryl methyl sites for hydroxylation is 2. The summed E-state index contributed by atoms with van der Waals surface area (Å²) in [6, 6.07) is 11.7. The van der Waals surface area contributed by atoms with Crippen molar-refractivity contribution in [2.24, 2.45) is 12.8 Å². The van der Waals surface area contributed by atoms with Gasteiger partial charge in [0.05, 0.1) is 11.7 Å². The fraction of sp³-hybridized carbons (Fsp3) is 0.154. The molecule has 13 heteroatoms. The van der Waals surface area contributed by atoms with Gasteiger partial charge in [-0.25, -0.2) is 18.7 Å². The van der Waals surface area contributed by atoms with Crippen molar-refractivity contribution < 1.29 is 23.2 Å². The number of benzene rings is 2. The van der Waals surface area contributed by atoms with Crippen molar-refractivity contribution >= 4 is 34.5 Å². The number of nitrogens with zero attached hydrogens (tertiary/aromatic N) is 4. The first-order valence-corrected chi connectivity index (χ1v) is 11.7. The predicted molar refractivity (Wildman–Crippen MR) is 136 cm³/mol. The smallest absolute Gasteiger partial charge is 0.408 e. The lowest BCUT2D eigenvalue weighted by atomic mass is 10.0. The average Bonchev–Trinajstić information content (AvgIpc) is 3.43. The first-order chi connectivity index (χ1) is 18.6. The maximum Gasteiger partial charge on any atom is 0.419 e. The zero-order valence-corrected chi connectivity index (χ0v) is 20.8. The molecule has 0 saturated heterocycles. The van der Waals surface area contributed by atoms with Crippen molar-refractivity contribution in [3.63, 3.8) is 0 Å². The topological polar surface area (TPSA) is 167 Å². The third-order valence-electron chi connectivity index (χ3n) is 6.17. The van der Waals surface area contributed by atoms with E-state index < -0.39 is 35.3 Å². The van der Waals surface area contributed by atoms with Crippen molar-refractivity contribution in [1.82, 2.24) is 29.8 Å². The van der Waals surface area contributed by atoms with Gasteiger partial charge in [-0.3, -0.25) is 19.0 Å². The number of nitrogens with two attached hydrogens (primary N) is 1. The Morgan fingerprint density at radius 1 is 1.10 bits per heavy atom. The van der Waals surface area contributed by atoms with Gasteiger partial charge in [-0.15, -0.1) is 0 Å². The number of nitrogens with one attached hydrogen (secondary N) is 2. The van der Waals surface area contributed by atoms with Crippen LogP contribution in [-0.4, -0.2) is 36.9 Å². The maximum absolute atomic E-state index is 14.4. The molecule has 0 spiro atoms. The highest BCUT2D eigenvalue weighted by atomic mass is 19.1. The fourth-order valence-corrected chi connectivity index (χ4v) is 4.05. The maximum atomic E-state index is 14.4. The predicted octanol–water partition coefficient (Wildman–Crippen LogP) is 1.51. The van der Waals surface area contributed by atoms with Gasteiger partial charge in [0.25, 0.3) is 11.8 Å². The number of carbonyl (C=O) groups is 3. The van der Waals surface area contributed by atoms with Crippen LogP contribution in [0.15, 0.2) is 63.9 Å². The SMILES string of the molecule is Cc1ccc(C(NC(=O)c2cc(C(=O)NCc3ccc4oc(=O)n(C)c4c3)nc3c(F)cnn23)C(N)=O)cc1. The molecule has 5 rings (SSSR count). The molecule has 4 N–H and O–H groups in total. The zero-order chi connectivity index (χ0) is 27.8. The van der Waals surface area contributed by atoms with E-state index in [0.717, 1.165) is 22.3 Å². The van der Waals surface area contributed by atoms with Crippen molar-refractivity contribution in [3.05, 3.63) is 99.2 Å². The normalized spacial score (nSPS) is 12.0. The van der Waals surface area contributed by atoms with Crippen molar-refractivity contribution in [2.75, 3.05) is 0 Å². The Kier molecular flexibility index (Phi) is 6.40. The van der Waals surface area contributed by atoms with Crippen LogP contribution in [0.25, 0.3) is 16.7 Å². The Morgan fingerprint density at radius 2 is 1.85 bits per heavy atom. The Hall–Kier alpha value is -5.33. The fourth-order valence-electron chi connectivity index (χ4n) is 4.05. The number of fused-ring (bicyclic) bond motifs is 2. The molecule has 0 saturated carbocycles. The molecule has 198 valence electrons. The zero-order valence-electron chi connectivity index (χ0n) is 20.8. The van der Waals surface area contributed by atoms with Crippen molar-refractivity contribution in [2.45, 2.75) is 19.5 Å². The summed E-state index contributed by atoms with van der Waals surface area (Å²) in [6.45, 7) is 1.91. The minimum absolute atomic E-state index is 0.0431. The molecule has 39 heavy (non-hydrogen) atoms. The Labute approximate surface area is 219 Å². The molecule has 0 aliphatic heterocycles. The summed E-state index contributed by atoms with van der Waals surface area (Å²) in [5, 5.41) is 9.03. The second-order valence-corrected chi connectivity index (χ2v) is 8.89. The summed E-state index contributed by atoms with van der Waals surface area (Å²) in [4.78, 5) is 54.1. The van der Waals surface area contributed by atoms with Gasteiger partial charge in [-0.1, -0.05) is 35.9 Å². The van der Waals surface area contributed by atoms with Crippen molar-refractivity contribution in [1.29, 1.82) is 0 Å². The molecule has 3 heterocycles. The molecule has 3 amide bonds.